The van der Waals surface area contributed by atoms with Crippen LogP contribution in [0.3, 0.4) is 0 Å². The third-order valence-corrected chi connectivity index (χ3v) is 5.76. The molecule has 3 heterocycles. The Labute approximate surface area is 209 Å². The van der Waals surface area contributed by atoms with E-state index in [9.17, 15) is 23.9 Å². The van der Waals surface area contributed by atoms with Crippen LogP contribution in [-0.2, 0) is 16.0 Å². The van der Waals surface area contributed by atoms with Crippen LogP contribution in [0.5, 0.6) is 11.5 Å². The molecular weight excluding hydrogens is 495 g/mol. The Morgan fingerprint density at radius 2 is 2.06 bits per heavy atom. The summed E-state index contributed by atoms with van der Waals surface area (Å²) in [5, 5.41) is 9.54. The average Bonchev–Trinajstić information content (AvgIpc) is 2.85. The number of halogens is 2. The van der Waals surface area contributed by atoms with Crippen molar-refractivity contribution in [1.29, 1.82) is 0 Å². The fourth-order valence-corrected chi connectivity index (χ4v) is 3.98. The number of aliphatic carboxylic acids is 1. The molecule has 0 atom stereocenters. The number of unbranched alkanes of at least 4 members (excludes halogenated alkanes) is 1. The minimum atomic E-state index is -1.42. The summed E-state index contributed by atoms with van der Waals surface area (Å²) in [4.78, 5) is 42.5. The van der Waals surface area contributed by atoms with E-state index in [0.29, 0.717) is 17.5 Å². The Hall–Kier alpha value is -3.92. The molecule has 0 saturated heterocycles. The van der Waals surface area contributed by atoms with Crippen molar-refractivity contribution in [2.24, 2.45) is 0 Å². The molecule has 0 bridgehead atoms. The second kappa shape index (κ2) is 10.4. The van der Waals surface area contributed by atoms with Crippen LogP contribution < -0.4 is 15.0 Å². The van der Waals surface area contributed by atoms with E-state index >= 15 is 0 Å². The number of esters is 1. The van der Waals surface area contributed by atoms with E-state index in [1.807, 2.05) is 6.92 Å². The van der Waals surface area contributed by atoms with Gasteiger partial charge in [-0.1, -0.05) is 31.0 Å². The summed E-state index contributed by atoms with van der Waals surface area (Å²) >= 11 is 5.91. The molecule has 1 N–H and O–H groups in total. The molecule has 0 spiro atoms. The molecule has 0 aliphatic carbocycles. The fourth-order valence-electron chi connectivity index (χ4n) is 3.78. The van der Waals surface area contributed by atoms with Crippen LogP contribution in [0.4, 0.5) is 4.39 Å². The molecule has 0 radical (unpaired) electrons. The number of carbonyl (C=O) groups is 2. The molecule has 0 amide bonds. The summed E-state index contributed by atoms with van der Waals surface area (Å²) in [6, 6.07) is 4.16. The first-order valence-electron chi connectivity index (χ1n) is 11.2. The lowest BCUT2D eigenvalue weighted by Crippen LogP contribution is -2.30. The van der Waals surface area contributed by atoms with Crippen molar-refractivity contribution in [3.8, 4) is 11.5 Å². The van der Waals surface area contributed by atoms with Crippen molar-refractivity contribution in [3.05, 3.63) is 68.0 Å². The lowest BCUT2D eigenvalue weighted by molar-refractivity contribution is -0.134. The number of nitrogens with zero attached hydrogens (tertiary/aromatic N) is 2. The summed E-state index contributed by atoms with van der Waals surface area (Å²) in [7, 11) is 0. The van der Waals surface area contributed by atoms with Gasteiger partial charge in [0.25, 0.3) is 5.56 Å². The number of carboxylic acid groups (broad SMARTS) is 1. The van der Waals surface area contributed by atoms with Gasteiger partial charge in [-0.25, -0.2) is 14.0 Å². The van der Waals surface area contributed by atoms with E-state index in [2.05, 4.69) is 4.98 Å². The Morgan fingerprint density at radius 1 is 1.28 bits per heavy atom. The first kappa shape index (κ1) is 25.2. The first-order valence-corrected chi connectivity index (χ1v) is 11.6. The van der Waals surface area contributed by atoms with Crippen LogP contribution in [-0.4, -0.2) is 39.8 Å². The molecule has 3 aromatic rings. The summed E-state index contributed by atoms with van der Waals surface area (Å²) in [5.41, 5.74) is 0.0545. The maximum atomic E-state index is 13.6. The zero-order chi connectivity index (χ0) is 26.0. The molecule has 4 rings (SSSR count). The van der Waals surface area contributed by atoms with E-state index < -0.39 is 29.1 Å². The lowest BCUT2D eigenvalue weighted by Gasteiger charge is -2.23. The minimum Gasteiger partial charge on any atom is -0.490 e. The highest BCUT2D eigenvalue weighted by Gasteiger charge is 2.32. The van der Waals surface area contributed by atoms with Gasteiger partial charge in [0, 0.05) is 18.2 Å². The number of carboxylic acids is 1. The number of benzene rings is 1. The fraction of sp³-hybridized carbons (Fsp3) is 0.280. The highest BCUT2D eigenvalue weighted by Crippen LogP contribution is 2.39. The number of hydrogen-bond acceptors (Lipinski definition) is 7. The largest absolute Gasteiger partial charge is 0.490 e. The average molecular weight is 517 g/mol. The second-order valence-electron chi connectivity index (χ2n) is 7.94. The molecule has 0 saturated carbocycles. The van der Waals surface area contributed by atoms with Crippen molar-refractivity contribution in [2.75, 3.05) is 13.2 Å². The Morgan fingerprint density at radius 3 is 2.72 bits per heavy atom. The van der Waals surface area contributed by atoms with Gasteiger partial charge >= 0.3 is 11.9 Å². The maximum Gasteiger partial charge on any atom is 0.373 e. The Bertz CT molecular complexity index is 1470. The zero-order valence-corrected chi connectivity index (χ0v) is 20.2. The second-order valence-corrected chi connectivity index (χ2v) is 8.34. The van der Waals surface area contributed by atoms with Gasteiger partial charge in [0.05, 0.1) is 24.4 Å². The van der Waals surface area contributed by atoms with Gasteiger partial charge in [-0.3, -0.25) is 14.3 Å². The number of ether oxygens (including phenoxy) is 3. The normalized spacial score (nSPS) is 12.2. The van der Waals surface area contributed by atoms with Crippen molar-refractivity contribution < 1.29 is 33.3 Å². The third kappa shape index (κ3) is 4.64. The van der Waals surface area contributed by atoms with Crippen LogP contribution in [0, 0.1) is 5.82 Å². The molecule has 0 unspecified atom stereocenters. The molecular formula is C25H22ClFN2O7. The van der Waals surface area contributed by atoms with E-state index in [4.69, 9.17) is 25.8 Å². The number of pyridine rings is 2. The van der Waals surface area contributed by atoms with Crippen molar-refractivity contribution in [1.82, 2.24) is 9.55 Å². The predicted molar refractivity (Wildman–Crippen MR) is 129 cm³/mol. The molecule has 9 nitrogen and oxygen atoms in total. The zero-order valence-electron chi connectivity index (χ0n) is 19.5. The predicted octanol–water partition coefficient (Wildman–Crippen LogP) is 4.41. The topological polar surface area (TPSA) is 117 Å². The Kier molecular flexibility index (Phi) is 7.25. The van der Waals surface area contributed by atoms with Crippen LogP contribution in [0.15, 0.2) is 34.9 Å². The van der Waals surface area contributed by atoms with Crippen LogP contribution >= 0.6 is 11.6 Å². The third-order valence-electron chi connectivity index (χ3n) is 5.47. The summed E-state index contributed by atoms with van der Waals surface area (Å²) in [6.45, 7) is 3.78. The minimum absolute atomic E-state index is 0.0158. The van der Waals surface area contributed by atoms with Crippen molar-refractivity contribution in [2.45, 2.75) is 33.1 Å². The Balaban J connectivity index is 1.99. The SMILES string of the molecule is CCCCOc1c(C(=O)OCC)c(=O)n2c3c(c(Cc4ccc(F)c(Cl)c4)cnc13)OC(C(=O)O)=C2. The lowest BCUT2D eigenvalue weighted by atomic mass is 10.0. The van der Waals surface area contributed by atoms with Gasteiger partial charge in [-0.15, -0.1) is 0 Å². The molecule has 1 aromatic carbocycles. The monoisotopic (exact) mass is 516 g/mol. The summed E-state index contributed by atoms with van der Waals surface area (Å²) in [5.74, 6) is -3.47. The molecule has 36 heavy (non-hydrogen) atoms. The molecule has 188 valence electrons. The highest BCUT2D eigenvalue weighted by molar-refractivity contribution is 6.30. The van der Waals surface area contributed by atoms with E-state index in [1.54, 1.807) is 6.92 Å². The number of carbonyl (C=O) groups excluding carboxylic acids is 1. The van der Waals surface area contributed by atoms with Crippen LogP contribution in [0.2, 0.25) is 5.02 Å². The first-order chi connectivity index (χ1) is 17.3. The van der Waals surface area contributed by atoms with Gasteiger partial charge in [-0.05, 0) is 31.0 Å². The van der Waals surface area contributed by atoms with Crippen LogP contribution in [0.1, 0.15) is 48.2 Å². The molecule has 11 heteroatoms. The van der Waals surface area contributed by atoms with E-state index in [0.717, 1.165) is 17.2 Å². The number of aromatic nitrogens is 2. The van der Waals surface area contributed by atoms with Gasteiger partial charge in [-0.2, -0.15) is 0 Å². The van der Waals surface area contributed by atoms with Gasteiger partial charge in [0.1, 0.15) is 16.9 Å². The van der Waals surface area contributed by atoms with Crippen LogP contribution in [0.25, 0.3) is 17.2 Å². The molecule has 2 aromatic heterocycles. The molecule has 1 aliphatic rings. The van der Waals surface area contributed by atoms with E-state index in [1.165, 1.54) is 24.4 Å². The standard InChI is InChI=1S/C25H22ClFN2O7/c1-3-5-8-35-22-18(25(33)34-4-2)23(30)29-12-17(24(31)32)36-21-14(11-28-19(22)20(21)29)9-13-6-7-16(27)15(26)10-13/h6-7,10-12H,3-5,8-9H2,1-2H3,(H,31,32). The molecule has 0 fully saturated rings. The summed E-state index contributed by atoms with van der Waals surface area (Å²) in [6.07, 6.45) is 4.02. The number of rotatable bonds is 9. The van der Waals surface area contributed by atoms with Gasteiger partial charge in [0.2, 0.25) is 5.76 Å². The van der Waals surface area contributed by atoms with E-state index in [-0.39, 0.29) is 52.8 Å². The van der Waals surface area contributed by atoms with Gasteiger partial charge < -0.3 is 19.3 Å². The molecule has 1 aliphatic heterocycles. The highest BCUT2D eigenvalue weighted by atomic mass is 35.5. The number of hydrogen-bond donors (Lipinski definition) is 1. The summed E-state index contributed by atoms with van der Waals surface area (Å²) < 4.78 is 31.3. The maximum absolute atomic E-state index is 13.6. The smallest absolute Gasteiger partial charge is 0.373 e. The quantitative estimate of drug-likeness (QED) is 0.328. The van der Waals surface area contributed by atoms with Crippen molar-refractivity contribution >= 4 is 40.8 Å². The van der Waals surface area contributed by atoms with Crippen molar-refractivity contribution in [3.63, 3.8) is 0 Å². The van der Waals surface area contributed by atoms with Gasteiger partial charge in [0.15, 0.2) is 17.1 Å².